The summed E-state index contributed by atoms with van der Waals surface area (Å²) in [4.78, 5) is 11.7. The molecule has 1 fully saturated rings. The second kappa shape index (κ2) is 3.55. The minimum Gasteiger partial charge on any atom is -0.317 e. The molecular weight excluding hydrogens is 190 g/mol. The van der Waals surface area contributed by atoms with Crippen molar-refractivity contribution in [3.8, 4) is 0 Å². The second-order valence-corrected chi connectivity index (χ2v) is 3.90. The largest absolute Gasteiger partial charge is 0.338 e. The van der Waals surface area contributed by atoms with Crippen LogP contribution in [0.25, 0.3) is 0 Å². The molecule has 0 aromatic heterocycles. The van der Waals surface area contributed by atoms with Crippen molar-refractivity contribution in [3.63, 3.8) is 0 Å². The summed E-state index contributed by atoms with van der Waals surface area (Å²) < 4.78 is 0. The highest BCUT2D eigenvalue weighted by Gasteiger charge is 2.37. The Morgan fingerprint density at radius 3 is 2.53 bits per heavy atom. The van der Waals surface area contributed by atoms with E-state index in [4.69, 9.17) is 0 Å². The Balaban J connectivity index is 2.23. The number of hydrazine groups is 1. The SMILES string of the molecule is CC[C@@]1(C)NC(=O)N(c2ccccc2)N1. The monoisotopic (exact) mass is 205 g/mol. The molecule has 0 aliphatic carbocycles. The van der Waals surface area contributed by atoms with Crippen molar-refractivity contribution in [2.75, 3.05) is 5.01 Å². The summed E-state index contributed by atoms with van der Waals surface area (Å²) in [5, 5.41) is 4.45. The number of carbonyl (C=O) groups is 1. The van der Waals surface area contributed by atoms with Crippen molar-refractivity contribution in [1.29, 1.82) is 0 Å². The van der Waals surface area contributed by atoms with Crippen LogP contribution in [0.2, 0.25) is 0 Å². The molecule has 80 valence electrons. The summed E-state index contributed by atoms with van der Waals surface area (Å²) >= 11 is 0. The van der Waals surface area contributed by atoms with Gasteiger partial charge in [0, 0.05) is 0 Å². The standard InChI is InChI=1S/C11H15N3O/c1-3-11(2)12-10(15)14(13-11)9-7-5-4-6-8-9/h4-8,13H,3H2,1-2H3,(H,12,15)/t11-/m0/s1. The first-order valence-electron chi connectivity index (χ1n) is 5.10. The van der Waals surface area contributed by atoms with Gasteiger partial charge in [0.1, 0.15) is 5.66 Å². The fraction of sp³-hybridized carbons (Fsp3) is 0.364. The van der Waals surface area contributed by atoms with Crippen molar-refractivity contribution in [3.05, 3.63) is 30.3 Å². The number of nitrogens with one attached hydrogen (secondary N) is 2. The van der Waals surface area contributed by atoms with Gasteiger partial charge < -0.3 is 5.32 Å². The van der Waals surface area contributed by atoms with Crippen molar-refractivity contribution in [2.24, 2.45) is 0 Å². The summed E-state index contributed by atoms with van der Waals surface area (Å²) in [6.07, 6.45) is 0.835. The van der Waals surface area contributed by atoms with E-state index in [1.807, 2.05) is 44.2 Å². The van der Waals surface area contributed by atoms with E-state index in [9.17, 15) is 4.79 Å². The quantitative estimate of drug-likeness (QED) is 0.773. The van der Waals surface area contributed by atoms with Crippen LogP contribution in [0.15, 0.2) is 30.3 Å². The number of benzene rings is 1. The van der Waals surface area contributed by atoms with Crippen molar-refractivity contribution in [1.82, 2.24) is 10.7 Å². The van der Waals surface area contributed by atoms with Gasteiger partial charge in [-0.2, -0.15) is 0 Å². The van der Waals surface area contributed by atoms with E-state index in [1.165, 1.54) is 0 Å². The van der Waals surface area contributed by atoms with Gasteiger partial charge in [-0.15, -0.1) is 0 Å². The summed E-state index contributed by atoms with van der Waals surface area (Å²) in [7, 11) is 0. The van der Waals surface area contributed by atoms with Crippen LogP contribution in [0.1, 0.15) is 20.3 Å². The van der Waals surface area contributed by atoms with Gasteiger partial charge in [0.2, 0.25) is 0 Å². The molecule has 0 radical (unpaired) electrons. The Morgan fingerprint density at radius 1 is 1.33 bits per heavy atom. The fourth-order valence-corrected chi connectivity index (χ4v) is 1.54. The number of rotatable bonds is 2. The molecule has 0 spiro atoms. The number of carbonyl (C=O) groups excluding carboxylic acids is 1. The van der Waals surface area contributed by atoms with Gasteiger partial charge in [0.05, 0.1) is 5.69 Å². The van der Waals surface area contributed by atoms with E-state index < -0.39 is 0 Å². The van der Waals surface area contributed by atoms with Crippen LogP contribution in [0.3, 0.4) is 0 Å². The lowest BCUT2D eigenvalue weighted by atomic mass is 10.2. The number of amides is 2. The summed E-state index contributed by atoms with van der Waals surface area (Å²) in [5.74, 6) is 0. The number of anilines is 1. The van der Waals surface area contributed by atoms with Gasteiger partial charge in [0.15, 0.2) is 0 Å². The molecule has 2 amide bonds. The van der Waals surface area contributed by atoms with Crippen LogP contribution < -0.4 is 15.8 Å². The number of nitrogens with zero attached hydrogens (tertiary/aromatic N) is 1. The first-order valence-corrected chi connectivity index (χ1v) is 5.10. The predicted octanol–water partition coefficient (Wildman–Crippen LogP) is 1.85. The highest BCUT2D eigenvalue weighted by molar-refractivity contribution is 5.93. The summed E-state index contributed by atoms with van der Waals surface area (Å²) in [5.41, 5.74) is 3.67. The third kappa shape index (κ3) is 1.80. The van der Waals surface area contributed by atoms with Crippen molar-refractivity contribution >= 4 is 11.7 Å². The van der Waals surface area contributed by atoms with Crippen LogP contribution in [-0.4, -0.2) is 11.7 Å². The van der Waals surface area contributed by atoms with Gasteiger partial charge in [-0.1, -0.05) is 25.1 Å². The number of para-hydroxylation sites is 1. The predicted molar refractivity (Wildman–Crippen MR) is 59.3 cm³/mol. The maximum atomic E-state index is 11.7. The first-order chi connectivity index (χ1) is 7.14. The van der Waals surface area contributed by atoms with Crippen LogP contribution in [0, 0.1) is 0 Å². The van der Waals surface area contributed by atoms with Crippen LogP contribution >= 0.6 is 0 Å². The van der Waals surface area contributed by atoms with Gasteiger partial charge in [-0.05, 0) is 25.5 Å². The Kier molecular flexibility index (Phi) is 2.36. The Morgan fingerprint density at radius 2 is 2.00 bits per heavy atom. The van der Waals surface area contributed by atoms with E-state index >= 15 is 0 Å². The average Bonchev–Trinajstić information content (AvgIpc) is 2.57. The number of hydrogen-bond donors (Lipinski definition) is 2. The zero-order valence-corrected chi connectivity index (χ0v) is 8.95. The highest BCUT2D eigenvalue weighted by atomic mass is 16.2. The summed E-state index contributed by atoms with van der Waals surface area (Å²) in [6.45, 7) is 4.00. The lowest BCUT2D eigenvalue weighted by molar-refractivity contribution is 0.247. The molecule has 1 aliphatic heterocycles. The summed E-state index contributed by atoms with van der Waals surface area (Å²) in [6, 6.07) is 9.43. The molecular formula is C11H15N3O. The molecule has 0 saturated carbocycles. The van der Waals surface area contributed by atoms with Crippen molar-refractivity contribution < 1.29 is 4.79 Å². The highest BCUT2D eigenvalue weighted by Crippen LogP contribution is 2.19. The van der Waals surface area contributed by atoms with E-state index in [1.54, 1.807) is 5.01 Å². The average molecular weight is 205 g/mol. The molecule has 2 N–H and O–H groups in total. The molecule has 1 aromatic rings. The zero-order valence-electron chi connectivity index (χ0n) is 8.95. The Hall–Kier alpha value is -1.55. The van der Waals surface area contributed by atoms with Crippen LogP contribution in [0.5, 0.6) is 0 Å². The minimum absolute atomic E-state index is 0.106. The first kappa shape index (κ1) is 9.98. The van der Waals surface area contributed by atoms with Gasteiger partial charge in [0.25, 0.3) is 0 Å². The molecule has 1 heterocycles. The van der Waals surface area contributed by atoms with E-state index in [0.717, 1.165) is 12.1 Å². The molecule has 1 aromatic carbocycles. The lowest BCUT2D eigenvalue weighted by Crippen LogP contribution is -2.47. The minimum atomic E-state index is -0.340. The molecule has 2 rings (SSSR count). The Bertz CT molecular complexity index is 365. The normalized spacial score (nSPS) is 25.5. The maximum absolute atomic E-state index is 11.7. The molecule has 1 aliphatic rings. The molecule has 15 heavy (non-hydrogen) atoms. The smallest absolute Gasteiger partial charge is 0.317 e. The van der Waals surface area contributed by atoms with Gasteiger partial charge >= 0.3 is 6.03 Å². The molecule has 4 heteroatoms. The molecule has 0 bridgehead atoms. The number of urea groups is 1. The molecule has 4 nitrogen and oxygen atoms in total. The van der Waals surface area contributed by atoms with E-state index in [-0.39, 0.29) is 11.7 Å². The zero-order chi connectivity index (χ0) is 10.9. The van der Waals surface area contributed by atoms with Gasteiger partial charge in [-0.3, -0.25) is 0 Å². The lowest BCUT2D eigenvalue weighted by Gasteiger charge is -2.23. The molecule has 1 atom stereocenters. The third-order valence-electron chi connectivity index (χ3n) is 2.67. The second-order valence-electron chi connectivity index (χ2n) is 3.90. The van der Waals surface area contributed by atoms with Gasteiger partial charge in [-0.25, -0.2) is 15.2 Å². The van der Waals surface area contributed by atoms with Crippen LogP contribution in [-0.2, 0) is 0 Å². The maximum Gasteiger partial charge on any atom is 0.338 e. The third-order valence-corrected chi connectivity index (χ3v) is 2.67. The van der Waals surface area contributed by atoms with E-state index in [0.29, 0.717) is 0 Å². The molecule has 1 saturated heterocycles. The Labute approximate surface area is 89.2 Å². The van der Waals surface area contributed by atoms with E-state index in [2.05, 4.69) is 10.7 Å². The van der Waals surface area contributed by atoms with Crippen LogP contribution in [0.4, 0.5) is 10.5 Å². The molecule has 0 unspecified atom stereocenters. The van der Waals surface area contributed by atoms with Crippen molar-refractivity contribution in [2.45, 2.75) is 25.9 Å². The fourth-order valence-electron chi connectivity index (χ4n) is 1.54. The number of hydrogen-bond acceptors (Lipinski definition) is 2. The topological polar surface area (TPSA) is 44.4 Å².